The van der Waals surface area contributed by atoms with E-state index in [0.717, 1.165) is 18.4 Å². The Labute approximate surface area is 120 Å². The molecule has 2 rings (SSSR count). The molecule has 1 fully saturated rings. The lowest BCUT2D eigenvalue weighted by molar-refractivity contribution is -0.117. The van der Waals surface area contributed by atoms with E-state index in [4.69, 9.17) is 5.26 Å². The van der Waals surface area contributed by atoms with Gasteiger partial charge in [0.2, 0.25) is 0 Å². The molecule has 0 unspecified atom stereocenters. The maximum atomic E-state index is 11.8. The minimum Gasteiger partial charge on any atom is -0.349 e. The van der Waals surface area contributed by atoms with Crippen LogP contribution in [0.3, 0.4) is 0 Å². The number of allylic oxidation sites excluding steroid dienone is 2. The third-order valence-corrected chi connectivity index (χ3v) is 3.12. The summed E-state index contributed by atoms with van der Waals surface area (Å²) in [6.45, 7) is 0. The van der Waals surface area contributed by atoms with Crippen molar-refractivity contribution in [3.63, 3.8) is 0 Å². The third-order valence-electron chi connectivity index (χ3n) is 2.66. The van der Waals surface area contributed by atoms with Crippen molar-refractivity contribution < 1.29 is 4.79 Å². The van der Waals surface area contributed by atoms with Crippen LogP contribution in [0.4, 0.5) is 0 Å². The van der Waals surface area contributed by atoms with E-state index >= 15 is 0 Å². The van der Waals surface area contributed by atoms with Gasteiger partial charge in [0.25, 0.3) is 5.91 Å². The van der Waals surface area contributed by atoms with E-state index in [1.54, 1.807) is 6.08 Å². The van der Waals surface area contributed by atoms with Crippen molar-refractivity contribution in [1.82, 2.24) is 5.32 Å². The first-order chi connectivity index (χ1) is 9.19. The first kappa shape index (κ1) is 13.6. The van der Waals surface area contributed by atoms with Crippen molar-refractivity contribution in [1.29, 1.82) is 5.26 Å². The minimum atomic E-state index is -0.302. The molecule has 1 amide bonds. The second-order valence-electron chi connectivity index (χ2n) is 4.36. The highest BCUT2D eigenvalue weighted by Crippen LogP contribution is 2.20. The Kier molecular flexibility index (Phi) is 4.53. The van der Waals surface area contributed by atoms with Crippen molar-refractivity contribution in [3.8, 4) is 6.07 Å². The SMILES string of the molecule is N#C/C(=C\C(Br)=C\c1ccccc1)C(=O)NC1CC1. The molecule has 1 aromatic carbocycles. The topological polar surface area (TPSA) is 52.9 Å². The summed E-state index contributed by atoms with van der Waals surface area (Å²) in [6.07, 6.45) is 5.42. The highest BCUT2D eigenvalue weighted by Gasteiger charge is 2.24. The molecule has 0 spiro atoms. The van der Waals surface area contributed by atoms with Crippen LogP contribution in [-0.2, 0) is 4.79 Å². The van der Waals surface area contributed by atoms with Gasteiger partial charge in [0.15, 0.2) is 0 Å². The van der Waals surface area contributed by atoms with Gasteiger partial charge in [0, 0.05) is 10.5 Å². The number of benzene rings is 1. The standard InChI is InChI=1S/C15H13BrN2O/c16-13(8-11-4-2-1-3-5-11)9-12(10-17)15(19)18-14-6-7-14/h1-5,8-9,14H,6-7H2,(H,18,19)/b12-9+,13-8-. The van der Waals surface area contributed by atoms with Crippen LogP contribution in [0.1, 0.15) is 18.4 Å². The molecule has 1 saturated carbocycles. The number of amides is 1. The monoisotopic (exact) mass is 316 g/mol. The Bertz CT molecular complexity index is 566. The lowest BCUT2D eigenvalue weighted by atomic mass is 10.2. The van der Waals surface area contributed by atoms with E-state index in [1.807, 2.05) is 42.5 Å². The highest BCUT2D eigenvalue weighted by molar-refractivity contribution is 9.12. The summed E-state index contributed by atoms with van der Waals surface area (Å²) in [4.78, 5) is 11.8. The van der Waals surface area contributed by atoms with Crippen LogP contribution >= 0.6 is 15.9 Å². The van der Waals surface area contributed by atoms with Gasteiger partial charge in [-0.2, -0.15) is 5.26 Å². The van der Waals surface area contributed by atoms with E-state index in [9.17, 15) is 4.79 Å². The summed E-state index contributed by atoms with van der Waals surface area (Å²) >= 11 is 3.36. The molecule has 96 valence electrons. The number of nitrogens with zero attached hydrogens (tertiary/aromatic N) is 1. The molecule has 1 N–H and O–H groups in total. The van der Waals surface area contributed by atoms with E-state index < -0.39 is 0 Å². The van der Waals surface area contributed by atoms with Gasteiger partial charge in [-0.3, -0.25) is 4.79 Å². The predicted octanol–water partition coefficient (Wildman–Crippen LogP) is 3.15. The zero-order valence-electron chi connectivity index (χ0n) is 10.3. The summed E-state index contributed by atoms with van der Waals surface area (Å²) < 4.78 is 0.696. The lowest BCUT2D eigenvalue weighted by Gasteiger charge is -2.01. The van der Waals surface area contributed by atoms with Gasteiger partial charge in [0.1, 0.15) is 11.6 Å². The van der Waals surface area contributed by atoms with E-state index in [2.05, 4.69) is 21.2 Å². The summed E-state index contributed by atoms with van der Waals surface area (Å²) in [5.74, 6) is -0.302. The van der Waals surface area contributed by atoms with Gasteiger partial charge in [-0.05, 0) is 30.6 Å². The quantitative estimate of drug-likeness (QED) is 0.527. The number of rotatable bonds is 4. The van der Waals surface area contributed by atoms with Crippen LogP contribution in [0, 0.1) is 11.3 Å². The number of carbonyl (C=O) groups is 1. The molecule has 0 aromatic heterocycles. The molecule has 0 heterocycles. The molecule has 1 aromatic rings. The molecule has 1 aliphatic carbocycles. The second kappa shape index (κ2) is 6.35. The average Bonchev–Trinajstić information content (AvgIpc) is 3.21. The second-order valence-corrected chi connectivity index (χ2v) is 5.27. The highest BCUT2D eigenvalue weighted by atomic mass is 79.9. The van der Waals surface area contributed by atoms with Gasteiger partial charge in [0.05, 0.1) is 0 Å². The molecule has 19 heavy (non-hydrogen) atoms. The van der Waals surface area contributed by atoms with E-state index in [0.29, 0.717) is 4.48 Å². The third kappa shape index (κ3) is 4.38. The van der Waals surface area contributed by atoms with Crippen molar-refractivity contribution in [3.05, 3.63) is 52.0 Å². The maximum Gasteiger partial charge on any atom is 0.262 e. The minimum absolute atomic E-state index is 0.117. The summed E-state index contributed by atoms with van der Waals surface area (Å²) in [6, 6.07) is 11.9. The van der Waals surface area contributed by atoms with E-state index in [1.165, 1.54) is 0 Å². The van der Waals surface area contributed by atoms with E-state index in [-0.39, 0.29) is 17.5 Å². The fourth-order valence-electron chi connectivity index (χ4n) is 1.53. The molecule has 0 aliphatic heterocycles. The number of halogens is 1. The molecule has 0 saturated heterocycles. The molecule has 1 aliphatic rings. The van der Waals surface area contributed by atoms with Gasteiger partial charge in [-0.1, -0.05) is 46.3 Å². The Balaban J connectivity index is 2.10. The van der Waals surface area contributed by atoms with Gasteiger partial charge >= 0.3 is 0 Å². The fraction of sp³-hybridized carbons (Fsp3) is 0.200. The van der Waals surface area contributed by atoms with Crippen LogP contribution in [0.25, 0.3) is 6.08 Å². The van der Waals surface area contributed by atoms with Gasteiger partial charge in [-0.15, -0.1) is 0 Å². The molecule has 4 heteroatoms. The maximum absolute atomic E-state index is 11.8. The van der Waals surface area contributed by atoms with Crippen molar-refractivity contribution >= 4 is 27.9 Å². The van der Waals surface area contributed by atoms with Crippen LogP contribution in [-0.4, -0.2) is 11.9 Å². The first-order valence-electron chi connectivity index (χ1n) is 6.04. The molecular formula is C15H13BrN2O. The molecule has 0 atom stereocenters. The van der Waals surface area contributed by atoms with Gasteiger partial charge < -0.3 is 5.32 Å². The van der Waals surface area contributed by atoms with Crippen LogP contribution in [0.15, 0.2) is 46.5 Å². The Morgan fingerprint density at radius 1 is 1.37 bits per heavy atom. The average molecular weight is 317 g/mol. The van der Waals surface area contributed by atoms with Crippen molar-refractivity contribution in [2.24, 2.45) is 0 Å². The summed E-state index contributed by atoms with van der Waals surface area (Å²) in [7, 11) is 0. The van der Waals surface area contributed by atoms with Crippen LogP contribution < -0.4 is 5.32 Å². The lowest BCUT2D eigenvalue weighted by Crippen LogP contribution is -2.26. The van der Waals surface area contributed by atoms with Crippen molar-refractivity contribution in [2.45, 2.75) is 18.9 Å². The number of hydrogen-bond acceptors (Lipinski definition) is 2. The van der Waals surface area contributed by atoms with Crippen LogP contribution in [0.2, 0.25) is 0 Å². The first-order valence-corrected chi connectivity index (χ1v) is 6.83. The molecular weight excluding hydrogens is 304 g/mol. The fourth-order valence-corrected chi connectivity index (χ4v) is 2.02. The Morgan fingerprint density at radius 3 is 2.63 bits per heavy atom. The normalized spacial score (nSPS) is 15.8. The molecule has 3 nitrogen and oxygen atoms in total. The number of hydrogen-bond donors (Lipinski definition) is 1. The zero-order valence-corrected chi connectivity index (χ0v) is 11.9. The van der Waals surface area contributed by atoms with Crippen molar-refractivity contribution in [2.75, 3.05) is 0 Å². The number of carbonyl (C=O) groups excluding carboxylic acids is 1. The Morgan fingerprint density at radius 2 is 2.05 bits per heavy atom. The van der Waals surface area contributed by atoms with Gasteiger partial charge in [-0.25, -0.2) is 0 Å². The largest absolute Gasteiger partial charge is 0.349 e. The summed E-state index contributed by atoms with van der Waals surface area (Å²) in [5, 5.41) is 11.8. The van der Waals surface area contributed by atoms with Crippen LogP contribution in [0.5, 0.6) is 0 Å². The number of nitrogens with one attached hydrogen (secondary N) is 1. The zero-order chi connectivity index (χ0) is 13.7. The summed E-state index contributed by atoms with van der Waals surface area (Å²) in [5.41, 5.74) is 1.12. The predicted molar refractivity (Wildman–Crippen MR) is 78.2 cm³/mol. The molecule has 0 radical (unpaired) electrons. The smallest absolute Gasteiger partial charge is 0.262 e. The molecule has 0 bridgehead atoms. The number of nitriles is 1. The Hall–Kier alpha value is -1.86.